The Balaban J connectivity index is 2.11. The minimum absolute atomic E-state index is 0.0752. The molecule has 32 heavy (non-hydrogen) atoms. The van der Waals surface area contributed by atoms with Crippen molar-refractivity contribution in [3.05, 3.63) is 71.3 Å². The zero-order valence-electron chi connectivity index (χ0n) is 17.6. The van der Waals surface area contributed by atoms with Gasteiger partial charge in [-0.15, -0.1) is 5.10 Å². The summed E-state index contributed by atoms with van der Waals surface area (Å²) < 4.78 is 28.4. The number of nitrogens with zero attached hydrogens (tertiary/aromatic N) is 4. The van der Waals surface area contributed by atoms with Gasteiger partial charge in [-0.05, 0) is 30.7 Å². The first-order valence-corrected chi connectivity index (χ1v) is 10.6. The second kappa shape index (κ2) is 9.53. The fourth-order valence-electron chi connectivity index (χ4n) is 3.31. The summed E-state index contributed by atoms with van der Waals surface area (Å²) in [5.74, 6) is -2.12. The summed E-state index contributed by atoms with van der Waals surface area (Å²) in [6.45, 7) is 1.61. The van der Waals surface area contributed by atoms with Crippen LogP contribution in [0.25, 0.3) is 0 Å². The Bertz CT molecular complexity index is 1050. The summed E-state index contributed by atoms with van der Waals surface area (Å²) in [6.07, 6.45) is -1.10. The Morgan fingerprint density at radius 2 is 1.97 bits per heavy atom. The lowest BCUT2D eigenvalue weighted by Gasteiger charge is -2.37. The molecular weight excluding hydrogens is 438 g/mol. The van der Waals surface area contributed by atoms with Crippen molar-refractivity contribution < 1.29 is 18.7 Å². The van der Waals surface area contributed by atoms with Crippen LogP contribution >= 0.6 is 11.8 Å². The number of nitrogens with two attached hydrogens (primary N) is 2. The van der Waals surface area contributed by atoms with E-state index in [0.29, 0.717) is 5.56 Å². The summed E-state index contributed by atoms with van der Waals surface area (Å²) >= 11 is 1.10. The maximum atomic E-state index is 14.6. The minimum Gasteiger partial charge on any atom is -0.383 e. The molecule has 0 fully saturated rings. The number of hydrogen-bond acceptors (Lipinski definition) is 6. The third-order valence-corrected chi connectivity index (χ3v) is 6.25. The summed E-state index contributed by atoms with van der Waals surface area (Å²) in [6, 6.07) is 12.0. The van der Waals surface area contributed by atoms with Gasteiger partial charge < -0.3 is 16.6 Å². The third-order valence-electron chi connectivity index (χ3n) is 4.81. The van der Waals surface area contributed by atoms with Gasteiger partial charge in [0.25, 0.3) is 5.91 Å². The number of guanidine groups is 1. The molecule has 0 aromatic heterocycles. The van der Waals surface area contributed by atoms with Crippen LogP contribution in [0.1, 0.15) is 24.5 Å². The van der Waals surface area contributed by atoms with Crippen LogP contribution in [0, 0.1) is 11.6 Å². The normalized spacial score (nSPS) is 18.8. The van der Waals surface area contributed by atoms with Crippen LogP contribution < -0.4 is 11.5 Å². The number of aliphatic hydroxyl groups excluding tert-OH is 1. The number of carbonyl (C=O) groups is 1. The van der Waals surface area contributed by atoms with Crippen molar-refractivity contribution in [3.8, 4) is 0 Å². The van der Waals surface area contributed by atoms with Crippen molar-refractivity contribution in [1.82, 2.24) is 10.0 Å². The summed E-state index contributed by atoms with van der Waals surface area (Å²) in [5.41, 5.74) is 11.5. The van der Waals surface area contributed by atoms with Gasteiger partial charge in [0.2, 0.25) is 5.96 Å². The maximum Gasteiger partial charge on any atom is 0.272 e. The Kier molecular flexibility index (Phi) is 6.99. The number of aliphatic hydroxyl groups is 1. The second-order valence-corrected chi connectivity index (χ2v) is 8.53. The molecule has 1 aliphatic rings. The molecule has 0 radical (unpaired) electrons. The van der Waals surface area contributed by atoms with E-state index in [1.807, 2.05) is 6.07 Å². The highest BCUT2D eigenvalue weighted by atomic mass is 32.2. The number of amides is 1. The average molecular weight is 463 g/mol. The van der Waals surface area contributed by atoms with E-state index in [9.17, 15) is 18.7 Å². The molecule has 8 nitrogen and oxygen atoms in total. The molecule has 11 heteroatoms. The second-order valence-electron chi connectivity index (χ2n) is 7.26. The van der Waals surface area contributed by atoms with Crippen molar-refractivity contribution >= 4 is 28.7 Å². The van der Waals surface area contributed by atoms with Crippen molar-refractivity contribution in [2.45, 2.75) is 24.3 Å². The van der Waals surface area contributed by atoms with E-state index >= 15 is 0 Å². The number of thioether (sulfide) groups is 1. The Morgan fingerprint density at radius 1 is 1.28 bits per heavy atom. The highest BCUT2D eigenvalue weighted by Crippen LogP contribution is 2.50. The van der Waals surface area contributed by atoms with Crippen LogP contribution in [0.2, 0.25) is 0 Å². The van der Waals surface area contributed by atoms with Crippen LogP contribution in [-0.2, 0) is 9.67 Å². The lowest BCUT2D eigenvalue weighted by molar-refractivity contribution is -0.143. The third kappa shape index (κ3) is 4.83. The predicted octanol–water partition coefficient (Wildman–Crippen LogP) is 1.95. The molecule has 2 aromatic rings. The smallest absolute Gasteiger partial charge is 0.272 e. The molecule has 2 unspecified atom stereocenters. The van der Waals surface area contributed by atoms with Crippen LogP contribution in [0.15, 0.2) is 58.7 Å². The van der Waals surface area contributed by atoms with Gasteiger partial charge in [0.1, 0.15) is 27.7 Å². The number of carbonyl (C=O) groups excluding carboxylic acids is 1. The number of halogens is 2. The van der Waals surface area contributed by atoms with Gasteiger partial charge in [0, 0.05) is 25.6 Å². The Hall–Kier alpha value is -3.18. The highest BCUT2D eigenvalue weighted by molar-refractivity contribution is 8.15. The minimum atomic E-state index is -1.37. The average Bonchev–Trinajstić information content (AvgIpc) is 3.14. The first-order chi connectivity index (χ1) is 15.1. The molecule has 0 aliphatic carbocycles. The van der Waals surface area contributed by atoms with E-state index in [1.54, 1.807) is 31.3 Å². The zero-order valence-corrected chi connectivity index (χ0v) is 18.4. The van der Waals surface area contributed by atoms with Crippen molar-refractivity contribution in [2.75, 3.05) is 13.6 Å². The summed E-state index contributed by atoms with van der Waals surface area (Å²) in [7, 11) is 1.66. The molecule has 5 N–H and O–H groups in total. The van der Waals surface area contributed by atoms with Gasteiger partial charge in [-0.1, -0.05) is 42.1 Å². The SMILES string of the molecule is CC(O)C(=O)N1N=C(c2cc(F)ccc2F)SC1(CCN(C)N=C(N)N)c1ccccc1. The summed E-state index contributed by atoms with van der Waals surface area (Å²) in [4.78, 5) is 11.8. The van der Waals surface area contributed by atoms with Gasteiger partial charge in [0.15, 0.2) is 0 Å². The molecule has 1 aliphatic heterocycles. The van der Waals surface area contributed by atoms with E-state index < -0.39 is 28.5 Å². The van der Waals surface area contributed by atoms with E-state index in [4.69, 9.17) is 11.5 Å². The number of hydrazone groups is 2. The van der Waals surface area contributed by atoms with E-state index in [2.05, 4.69) is 10.2 Å². The molecule has 0 saturated heterocycles. The number of rotatable bonds is 7. The highest BCUT2D eigenvalue weighted by Gasteiger charge is 2.49. The topological polar surface area (TPSA) is 121 Å². The van der Waals surface area contributed by atoms with Crippen molar-refractivity contribution in [3.63, 3.8) is 0 Å². The molecule has 0 bridgehead atoms. The van der Waals surface area contributed by atoms with Gasteiger partial charge in [-0.25, -0.2) is 13.8 Å². The molecule has 2 atom stereocenters. The number of benzene rings is 2. The van der Waals surface area contributed by atoms with Crippen LogP contribution in [0.4, 0.5) is 8.78 Å². The molecule has 1 heterocycles. The van der Waals surface area contributed by atoms with E-state index in [1.165, 1.54) is 11.9 Å². The molecule has 170 valence electrons. The molecule has 0 spiro atoms. The predicted molar refractivity (Wildman–Crippen MR) is 120 cm³/mol. The maximum absolute atomic E-state index is 14.6. The number of hydrogen-bond donors (Lipinski definition) is 3. The molecule has 1 amide bonds. The zero-order chi connectivity index (χ0) is 23.5. The quantitative estimate of drug-likeness (QED) is 0.329. The monoisotopic (exact) mass is 462 g/mol. The van der Waals surface area contributed by atoms with Crippen molar-refractivity contribution in [2.24, 2.45) is 21.7 Å². The lowest BCUT2D eigenvalue weighted by Crippen LogP contribution is -2.46. The summed E-state index contributed by atoms with van der Waals surface area (Å²) in [5, 5.41) is 21.1. The fraction of sp³-hybridized carbons (Fsp3) is 0.286. The molecular formula is C21H24F2N6O2S. The fourth-order valence-corrected chi connectivity index (χ4v) is 4.68. The van der Waals surface area contributed by atoms with Gasteiger partial charge in [0.05, 0.1) is 0 Å². The van der Waals surface area contributed by atoms with Crippen molar-refractivity contribution in [1.29, 1.82) is 0 Å². The first kappa shape index (κ1) is 23.5. The first-order valence-electron chi connectivity index (χ1n) is 9.75. The van der Waals surface area contributed by atoms with Crippen LogP contribution in [0.3, 0.4) is 0 Å². The largest absolute Gasteiger partial charge is 0.383 e. The van der Waals surface area contributed by atoms with E-state index in [0.717, 1.165) is 35.0 Å². The van der Waals surface area contributed by atoms with Crippen LogP contribution in [-0.4, -0.2) is 51.7 Å². The van der Waals surface area contributed by atoms with E-state index in [-0.39, 0.29) is 29.5 Å². The molecule has 3 rings (SSSR count). The Morgan fingerprint density at radius 3 is 2.59 bits per heavy atom. The molecule has 2 aromatic carbocycles. The van der Waals surface area contributed by atoms with Crippen LogP contribution in [0.5, 0.6) is 0 Å². The Labute approximate surface area is 188 Å². The van der Waals surface area contributed by atoms with Gasteiger partial charge in [-0.2, -0.15) is 5.10 Å². The standard InChI is InChI=1S/C21H24F2N6O2S/c1-13(30)19(31)29-21(14-6-4-3-5-7-14,10-11-28(2)27-20(24)25)32-18(26-29)16-12-15(22)8-9-17(16)23/h3-9,12-13,30H,10-11H2,1-2H3,(H4,24,25,27). The van der Waals surface area contributed by atoms with Gasteiger partial charge in [-0.3, -0.25) is 9.80 Å². The lowest BCUT2D eigenvalue weighted by atomic mass is 10.0. The molecule has 0 saturated carbocycles. The van der Waals surface area contributed by atoms with Gasteiger partial charge >= 0.3 is 0 Å².